The van der Waals surface area contributed by atoms with E-state index in [-0.39, 0.29) is 11.3 Å². The Balaban J connectivity index is 2.01. The first-order valence-electron chi connectivity index (χ1n) is 10.8. The SMILES string of the molecule is CCN(CC)CCCN1C(=O)C(=O)/C(=C(\O)c2ccc(OC)cc2)C1c1ccc(Cl)cc1. The van der Waals surface area contributed by atoms with Gasteiger partial charge in [0.25, 0.3) is 11.7 Å². The molecule has 0 spiro atoms. The highest BCUT2D eigenvalue weighted by atomic mass is 35.5. The van der Waals surface area contributed by atoms with Crippen molar-refractivity contribution >= 4 is 29.1 Å². The molecule has 1 atom stereocenters. The van der Waals surface area contributed by atoms with E-state index < -0.39 is 17.7 Å². The third kappa shape index (κ3) is 4.97. The van der Waals surface area contributed by atoms with Crippen LogP contribution in [-0.4, -0.2) is 59.9 Å². The fraction of sp³-hybridized carbons (Fsp3) is 0.360. The number of ketones is 1. The number of aliphatic hydroxyl groups excluding tert-OH is 1. The van der Waals surface area contributed by atoms with Crippen molar-refractivity contribution in [1.82, 2.24) is 9.80 Å². The van der Waals surface area contributed by atoms with Crippen LogP contribution in [-0.2, 0) is 9.59 Å². The van der Waals surface area contributed by atoms with Gasteiger partial charge in [0.05, 0.1) is 18.7 Å². The number of carbonyl (C=O) groups excluding carboxylic acids is 2. The predicted molar refractivity (Wildman–Crippen MR) is 126 cm³/mol. The Bertz CT molecular complexity index is 982. The number of benzene rings is 2. The molecule has 0 aromatic heterocycles. The van der Waals surface area contributed by atoms with Crippen molar-refractivity contribution in [2.24, 2.45) is 0 Å². The number of carbonyl (C=O) groups is 2. The van der Waals surface area contributed by atoms with E-state index in [0.717, 1.165) is 31.6 Å². The second-order valence-corrected chi connectivity index (χ2v) is 8.09. The zero-order valence-corrected chi connectivity index (χ0v) is 19.4. The Morgan fingerprint density at radius 1 is 1.06 bits per heavy atom. The third-order valence-corrected chi connectivity index (χ3v) is 6.11. The lowest BCUT2D eigenvalue weighted by Crippen LogP contribution is -2.33. The van der Waals surface area contributed by atoms with Gasteiger partial charge in [-0.15, -0.1) is 0 Å². The van der Waals surface area contributed by atoms with Gasteiger partial charge in [-0.25, -0.2) is 0 Å². The zero-order valence-electron chi connectivity index (χ0n) is 18.7. The Morgan fingerprint density at radius 3 is 2.25 bits per heavy atom. The summed E-state index contributed by atoms with van der Waals surface area (Å²) in [5, 5.41) is 11.6. The molecule has 1 amide bonds. The molecular weight excluding hydrogens is 428 g/mol. The molecule has 32 heavy (non-hydrogen) atoms. The van der Waals surface area contributed by atoms with Crippen molar-refractivity contribution in [3.05, 3.63) is 70.3 Å². The Hall–Kier alpha value is -2.83. The van der Waals surface area contributed by atoms with Crippen LogP contribution in [0.5, 0.6) is 5.75 Å². The van der Waals surface area contributed by atoms with Crippen LogP contribution in [0.4, 0.5) is 0 Å². The molecule has 2 aromatic rings. The number of ether oxygens (including phenoxy) is 1. The van der Waals surface area contributed by atoms with Gasteiger partial charge in [0, 0.05) is 17.1 Å². The number of Topliss-reactive ketones (excluding diaryl/α,β-unsaturated/α-hetero) is 1. The molecule has 1 unspecified atom stereocenters. The lowest BCUT2D eigenvalue weighted by molar-refractivity contribution is -0.140. The van der Waals surface area contributed by atoms with Gasteiger partial charge in [0.2, 0.25) is 0 Å². The molecule has 1 N–H and O–H groups in total. The molecule has 1 aliphatic rings. The lowest BCUT2D eigenvalue weighted by atomic mass is 9.95. The fourth-order valence-electron chi connectivity index (χ4n) is 4.01. The first kappa shape index (κ1) is 23.8. The van der Waals surface area contributed by atoms with Gasteiger partial charge in [-0.05, 0) is 68.0 Å². The molecule has 1 saturated heterocycles. The minimum absolute atomic E-state index is 0.0883. The summed E-state index contributed by atoms with van der Waals surface area (Å²) in [6.07, 6.45) is 0.724. The van der Waals surface area contributed by atoms with Crippen molar-refractivity contribution in [3.8, 4) is 5.75 Å². The molecule has 7 heteroatoms. The van der Waals surface area contributed by atoms with E-state index >= 15 is 0 Å². The molecule has 0 saturated carbocycles. The highest BCUT2D eigenvalue weighted by Gasteiger charge is 2.45. The van der Waals surface area contributed by atoms with E-state index in [1.54, 1.807) is 60.5 Å². The molecule has 0 bridgehead atoms. The topological polar surface area (TPSA) is 70.1 Å². The number of methoxy groups -OCH3 is 1. The number of aliphatic hydroxyl groups is 1. The summed E-state index contributed by atoms with van der Waals surface area (Å²) in [6.45, 7) is 7.27. The normalized spacial score (nSPS) is 17.9. The van der Waals surface area contributed by atoms with E-state index in [4.69, 9.17) is 16.3 Å². The Kier molecular flexibility index (Phi) is 7.94. The minimum Gasteiger partial charge on any atom is -0.507 e. The molecule has 0 radical (unpaired) electrons. The average Bonchev–Trinajstić information content (AvgIpc) is 3.07. The maximum absolute atomic E-state index is 13.0. The Morgan fingerprint density at radius 2 is 1.69 bits per heavy atom. The van der Waals surface area contributed by atoms with E-state index in [1.807, 2.05) is 0 Å². The lowest BCUT2D eigenvalue weighted by Gasteiger charge is -2.26. The minimum atomic E-state index is -0.680. The van der Waals surface area contributed by atoms with Gasteiger partial charge in [0.1, 0.15) is 11.5 Å². The van der Waals surface area contributed by atoms with Crippen LogP contribution in [0.1, 0.15) is 37.4 Å². The summed E-state index contributed by atoms with van der Waals surface area (Å²) in [7, 11) is 1.55. The second-order valence-electron chi connectivity index (χ2n) is 7.65. The summed E-state index contributed by atoms with van der Waals surface area (Å²) < 4.78 is 5.17. The van der Waals surface area contributed by atoms with E-state index in [2.05, 4.69) is 18.7 Å². The summed E-state index contributed by atoms with van der Waals surface area (Å²) in [4.78, 5) is 29.9. The number of hydrogen-bond acceptors (Lipinski definition) is 5. The van der Waals surface area contributed by atoms with Crippen LogP contribution in [0.25, 0.3) is 5.76 Å². The van der Waals surface area contributed by atoms with Crippen LogP contribution in [0.2, 0.25) is 5.02 Å². The smallest absolute Gasteiger partial charge is 0.295 e. The highest BCUT2D eigenvalue weighted by molar-refractivity contribution is 6.46. The molecule has 2 aromatic carbocycles. The van der Waals surface area contributed by atoms with E-state index in [9.17, 15) is 14.7 Å². The average molecular weight is 457 g/mol. The Labute approximate surface area is 194 Å². The van der Waals surface area contributed by atoms with Crippen LogP contribution in [0.3, 0.4) is 0 Å². The molecule has 170 valence electrons. The van der Waals surface area contributed by atoms with Gasteiger partial charge in [0.15, 0.2) is 0 Å². The first-order valence-corrected chi connectivity index (χ1v) is 11.2. The van der Waals surface area contributed by atoms with E-state index in [0.29, 0.717) is 22.9 Å². The highest BCUT2D eigenvalue weighted by Crippen LogP contribution is 2.39. The number of likely N-dealkylation sites (tertiary alicyclic amines) is 1. The summed E-state index contributed by atoms with van der Waals surface area (Å²) in [6, 6.07) is 13.1. The number of halogens is 1. The van der Waals surface area contributed by atoms with Crippen LogP contribution in [0.15, 0.2) is 54.1 Å². The van der Waals surface area contributed by atoms with Gasteiger partial charge in [-0.3, -0.25) is 9.59 Å². The zero-order chi connectivity index (χ0) is 23.3. The standard InChI is InChI=1S/C25H29ClN2O4/c1-4-27(5-2)15-6-16-28-22(17-7-11-19(26)12-8-17)21(24(30)25(28)31)23(29)18-9-13-20(32-3)14-10-18/h7-14,22,29H,4-6,15-16H2,1-3H3/b23-21-. The monoisotopic (exact) mass is 456 g/mol. The maximum atomic E-state index is 13.0. The fourth-order valence-corrected chi connectivity index (χ4v) is 4.14. The van der Waals surface area contributed by atoms with Gasteiger partial charge < -0.3 is 19.6 Å². The van der Waals surface area contributed by atoms with Crippen LogP contribution in [0, 0.1) is 0 Å². The molecule has 3 rings (SSSR count). The number of hydrogen-bond donors (Lipinski definition) is 1. The second kappa shape index (κ2) is 10.7. The molecular formula is C25H29ClN2O4. The molecule has 0 aliphatic carbocycles. The van der Waals surface area contributed by atoms with Crippen LogP contribution < -0.4 is 4.74 Å². The van der Waals surface area contributed by atoms with Crippen molar-refractivity contribution in [1.29, 1.82) is 0 Å². The van der Waals surface area contributed by atoms with Crippen molar-refractivity contribution in [3.63, 3.8) is 0 Å². The maximum Gasteiger partial charge on any atom is 0.295 e. The van der Waals surface area contributed by atoms with Gasteiger partial charge in [-0.2, -0.15) is 0 Å². The number of amides is 1. The number of rotatable bonds is 9. The predicted octanol–water partition coefficient (Wildman–Crippen LogP) is 4.50. The van der Waals surface area contributed by atoms with Gasteiger partial charge >= 0.3 is 0 Å². The third-order valence-electron chi connectivity index (χ3n) is 5.86. The quantitative estimate of drug-likeness (QED) is 0.341. The first-order chi connectivity index (χ1) is 15.4. The van der Waals surface area contributed by atoms with Crippen molar-refractivity contribution in [2.75, 3.05) is 33.3 Å². The molecule has 1 heterocycles. The number of nitrogens with zero attached hydrogens (tertiary/aromatic N) is 2. The summed E-state index contributed by atoms with van der Waals surface area (Å²) in [5.41, 5.74) is 1.27. The van der Waals surface area contributed by atoms with Crippen molar-refractivity contribution in [2.45, 2.75) is 26.3 Å². The molecule has 1 fully saturated rings. The van der Waals surface area contributed by atoms with Gasteiger partial charge in [-0.1, -0.05) is 37.6 Å². The van der Waals surface area contributed by atoms with Crippen molar-refractivity contribution < 1.29 is 19.4 Å². The summed E-state index contributed by atoms with van der Waals surface area (Å²) in [5.74, 6) is -0.842. The van der Waals surface area contributed by atoms with Crippen LogP contribution >= 0.6 is 11.6 Å². The summed E-state index contributed by atoms with van der Waals surface area (Å²) >= 11 is 6.06. The van der Waals surface area contributed by atoms with E-state index in [1.165, 1.54) is 0 Å². The largest absolute Gasteiger partial charge is 0.507 e. The molecule has 6 nitrogen and oxygen atoms in total. The molecule has 1 aliphatic heterocycles.